The van der Waals surface area contributed by atoms with Crippen molar-refractivity contribution in [3.05, 3.63) is 34.6 Å². The summed E-state index contributed by atoms with van der Waals surface area (Å²) in [7, 11) is 0. The zero-order valence-electron chi connectivity index (χ0n) is 10.5. The molecule has 0 spiro atoms. The molecule has 94 valence electrons. The summed E-state index contributed by atoms with van der Waals surface area (Å²) >= 11 is 0. The third kappa shape index (κ3) is 3.53. The van der Waals surface area contributed by atoms with Crippen molar-refractivity contribution in [3.8, 4) is 0 Å². The van der Waals surface area contributed by atoms with E-state index in [1.807, 2.05) is 6.92 Å². The molecule has 1 unspecified atom stereocenters. The zero-order chi connectivity index (χ0) is 13.0. The molecule has 0 bridgehead atoms. The van der Waals surface area contributed by atoms with Crippen LogP contribution in [0.15, 0.2) is 12.1 Å². The van der Waals surface area contributed by atoms with Crippen molar-refractivity contribution in [2.75, 3.05) is 0 Å². The number of halogens is 1. The lowest BCUT2D eigenvalue weighted by molar-refractivity contribution is -0.122. The molecule has 17 heavy (non-hydrogen) atoms. The maximum Gasteiger partial charge on any atom is 0.237 e. The molecule has 3 N–H and O–H groups in total. The molecule has 0 aliphatic heterocycles. The second-order valence-corrected chi connectivity index (χ2v) is 4.28. The number of nitrogens with one attached hydrogen (secondary N) is 1. The minimum absolute atomic E-state index is 0.174. The standard InChI is InChI=1S/C13H19FN2O/c1-4-11(15)13(17)16-7-10-5-8(2)12(14)9(3)6-10/h5-6,11H,4,7,15H2,1-3H3,(H,16,17). The molecule has 0 fully saturated rings. The van der Waals surface area contributed by atoms with Gasteiger partial charge in [0.05, 0.1) is 6.04 Å². The van der Waals surface area contributed by atoms with E-state index >= 15 is 0 Å². The van der Waals surface area contributed by atoms with Gasteiger partial charge in [-0.1, -0.05) is 19.1 Å². The van der Waals surface area contributed by atoms with Gasteiger partial charge < -0.3 is 11.1 Å². The Hall–Kier alpha value is -1.42. The van der Waals surface area contributed by atoms with Crippen LogP contribution < -0.4 is 11.1 Å². The van der Waals surface area contributed by atoms with Crippen LogP contribution in [-0.4, -0.2) is 11.9 Å². The Labute approximate surface area is 101 Å². The van der Waals surface area contributed by atoms with Crippen LogP contribution in [0.25, 0.3) is 0 Å². The van der Waals surface area contributed by atoms with Gasteiger partial charge in [0.25, 0.3) is 0 Å². The lowest BCUT2D eigenvalue weighted by atomic mass is 10.1. The lowest BCUT2D eigenvalue weighted by Crippen LogP contribution is -2.39. The minimum atomic E-state index is -0.474. The van der Waals surface area contributed by atoms with Gasteiger partial charge >= 0.3 is 0 Å². The highest BCUT2D eigenvalue weighted by Crippen LogP contribution is 2.14. The summed E-state index contributed by atoms with van der Waals surface area (Å²) in [4.78, 5) is 11.5. The number of benzene rings is 1. The van der Waals surface area contributed by atoms with Gasteiger partial charge in [-0.15, -0.1) is 0 Å². The van der Waals surface area contributed by atoms with Crippen molar-refractivity contribution in [1.29, 1.82) is 0 Å². The Morgan fingerprint density at radius 1 is 1.41 bits per heavy atom. The average Bonchev–Trinajstić information content (AvgIpc) is 2.31. The van der Waals surface area contributed by atoms with Crippen LogP contribution in [0.3, 0.4) is 0 Å². The van der Waals surface area contributed by atoms with Crippen molar-refractivity contribution in [2.24, 2.45) is 5.73 Å². The summed E-state index contributed by atoms with van der Waals surface area (Å²) in [6.07, 6.45) is 0.604. The molecule has 1 rings (SSSR count). The fourth-order valence-corrected chi connectivity index (χ4v) is 1.64. The molecule has 0 saturated carbocycles. The van der Waals surface area contributed by atoms with Gasteiger partial charge in [-0.25, -0.2) is 4.39 Å². The molecule has 1 atom stereocenters. The fraction of sp³-hybridized carbons (Fsp3) is 0.462. The van der Waals surface area contributed by atoms with E-state index in [2.05, 4.69) is 5.32 Å². The second-order valence-electron chi connectivity index (χ2n) is 4.28. The molecule has 0 aliphatic rings. The smallest absolute Gasteiger partial charge is 0.237 e. The Morgan fingerprint density at radius 2 is 1.94 bits per heavy atom. The van der Waals surface area contributed by atoms with Crippen molar-refractivity contribution in [3.63, 3.8) is 0 Å². The minimum Gasteiger partial charge on any atom is -0.351 e. The van der Waals surface area contributed by atoms with Crippen LogP contribution in [0.1, 0.15) is 30.0 Å². The highest BCUT2D eigenvalue weighted by atomic mass is 19.1. The molecule has 1 amide bonds. The highest BCUT2D eigenvalue weighted by molar-refractivity contribution is 5.81. The van der Waals surface area contributed by atoms with Crippen molar-refractivity contribution >= 4 is 5.91 Å². The third-order valence-electron chi connectivity index (χ3n) is 2.74. The average molecular weight is 238 g/mol. The molecule has 4 heteroatoms. The van der Waals surface area contributed by atoms with Crippen molar-refractivity contribution < 1.29 is 9.18 Å². The van der Waals surface area contributed by atoms with Gasteiger partial charge in [-0.2, -0.15) is 0 Å². The van der Waals surface area contributed by atoms with E-state index in [1.54, 1.807) is 26.0 Å². The predicted octanol–water partition coefficient (Wildman–Crippen LogP) is 1.80. The Kier molecular flexibility index (Phi) is 4.63. The monoisotopic (exact) mass is 238 g/mol. The molecule has 0 aliphatic carbocycles. The Balaban J connectivity index is 2.67. The lowest BCUT2D eigenvalue weighted by Gasteiger charge is -2.11. The van der Waals surface area contributed by atoms with Crippen LogP contribution in [-0.2, 0) is 11.3 Å². The molecule has 0 aromatic heterocycles. The van der Waals surface area contributed by atoms with E-state index in [-0.39, 0.29) is 11.7 Å². The fourth-order valence-electron chi connectivity index (χ4n) is 1.64. The summed E-state index contributed by atoms with van der Waals surface area (Å²) in [6, 6.07) is 3.00. The summed E-state index contributed by atoms with van der Waals surface area (Å²) in [5.74, 6) is -0.363. The van der Waals surface area contributed by atoms with Gasteiger partial charge in [0, 0.05) is 6.54 Å². The second kappa shape index (κ2) is 5.77. The number of amides is 1. The maximum atomic E-state index is 13.4. The predicted molar refractivity (Wildman–Crippen MR) is 66.0 cm³/mol. The first-order chi connectivity index (χ1) is 7.95. The van der Waals surface area contributed by atoms with Gasteiger partial charge in [-0.05, 0) is 37.0 Å². The first kappa shape index (κ1) is 13.6. The zero-order valence-corrected chi connectivity index (χ0v) is 10.5. The molecule has 0 saturated heterocycles. The number of carbonyl (C=O) groups is 1. The quantitative estimate of drug-likeness (QED) is 0.840. The first-order valence-corrected chi connectivity index (χ1v) is 5.74. The molecule has 0 radical (unpaired) electrons. The van der Waals surface area contributed by atoms with Crippen molar-refractivity contribution in [2.45, 2.75) is 39.8 Å². The van der Waals surface area contributed by atoms with E-state index in [0.717, 1.165) is 5.56 Å². The number of rotatable bonds is 4. The molecule has 1 aromatic rings. The van der Waals surface area contributed by atoms with E-state index < -0.39 is 6.04 Å². The largest absolute Gasteiger partial charge is 0.351 e. The van der Waals surface area contributed by atoms with Gasteiger partial charge in [-0.3, -0.25) is 4.79 Å². The number of nitrogens with two attached hydrogens (primary N) is 1. The van der Waals surface area contributed by atoms with E-state index in [1.165, 1.54) is 0 Å². The van der Waals surface area contributed by atoms with Gasteiger partial charge in [0.1, 0.15) is 5.82 Å². The van der Waals surface area contributed by atoms with Crippen LogP contribution in [0.4, 0.5) is 4.39 Å². The summed E-state index contributed by atoms with van der Waals surface area (Å²) in [5.41, 5.74) is 7.66. The van der Waals surface area contributed by atoms with Crippen LogP contribution >= 0.6 is 0 Å². The number of hydrogen-bond acceptors (Lipinski definition) is 2. The van der Waals surface area contributed by atoms with Crippen LogP contribution in [0.2, 0.25) is 0 Å². The molecule has 1 aromatic carbocycles. The SMILES string of the molecule is CCC(N)C(=O)NCc1cc(C)c(F)c(C)c1. The molecule has 3 nitrogen and oxygen atoms in total. The topological polar surface area (TPSA) is 55.1 Å². The van der Waals surface area contributed by atoms with Crippen LogP contribution in [0.5, 0.6) is 0 Å². The molecular formula is C13H19FN2O. The van der Waals surface area contributed by atoms with E-state index in [9.17, 15) is 9.18 Å². The Morgan fingerprint density at radius 3 is 2.41 bits per heavy atom. The molecular weight excluding hydrogens is 219 g/mol. The summed E-state index contributed by atoms with van der Waals surface area (Å²) < 4.78 is 13.4. The first-order valence-electron chi connectivity index (χ1n) is 5.74. The summed E-state index contributed by atoms with van der Waals surface area (Å²) in [6.45, 7) is 5.67. The maximum absolute atomic E-state index is 13.4. The molecule has 0 heterocycles. The van der Waals surface area contributed by atoms with Gasteiger partial charge in [0.15, 0.2) is 0 Å². The van der Waals surface area contributed by atoms with Gasteiger partial charge in [0.2, 0.25) is 5.91 Å². The van der Waals surface area contributed by atoms with E-state index in [0.29, 0.717) is 24.1 Å². The summed E-state index contributed by atoms with van der Waals surface area (Å²) in [5, 5.41) is 2.74. The third-order valence-corrected chi connectivity index (χ3v) is 2.74. The van der Waals surface area contributed by atoms with Crippen molar-refractivity contribution in [1.82, 2.24) is 5.32 Å². The number of aryl methyl sites for hydroxylation is 2. The normalized spacial score (nSPS) is 12.3. The highest BCUT2D eigenvalue weighted by Gasteiger charge is 2.10. The number of carbonyl (C=O) groups excluding carboxylic acids is 1. The number of hydrogen-bond donors (Lipinski definition) is 2. The van der Waals surface area contributed by atoms with Crippen LogP contribution in [0, 0.1) is 19.7 Å². The Bertz CT molecular complexity index is 395. The van der Waals surface area contributed by atoms with E-state index in [4.69, 9.17) is 5.73 Å².